The van der Waals surface area contributed by atoms with Gasteiger partial charge in [0, 0.05) is 11.1 Å². The smallest absolute Gasteiger partial charge is 0.0440 e. The molecule has 17 heavy (non-hydrogen) atoms. The van der Waals surface area contributed by atoms with Gasteiger partial charge in [-0.05, 0) is 49.4 Å². The van der Waals surface area contributed by atoms with E-state index >= 15 is 0 Å². The molecule has 96 valence electrons. The van der Waals surface area contributed by atoms with Gasteiger partial charge in [-0.3, -0.25) is 0 Å². The van der Waals surface area contributed by atoms with E-state index in [0.29, 0.717) is 12.0 Å². The van der Waals surface area contributed by atoms with E-state index in [1.165, 1.54) is 17.5 Å². The minimum absolute atomic E-state index is 0.570. The summed E-state index contributed by atoms with van der Waals surface area (Å²) in [5.41, 5.74) is 2.50. The predicted octanol–water partition coefficient (Wildman–Crippen LogP) is 4.22. The molecule has 1 rings (SSSR count). The van der Waals surface area contributed by atoms with E-state index in [1.54, 1.807) is 0 Å². The molecule has 0 aliphatic heterocycles. The maximum atomic E-state index is 6.22. The SMILES string of the molecule is Cc1ccc(CCC(C)CNC(C)C)c(Cl)c1. The molecule has 0 amide bonds. The molecular weight excluding hydrogens is 230 g/mol. The van der Waals surface area contributed by atoms with Gasteiger partial charge in [0.1, 0.15) is 0 Å². The quantitative estimate of drug-likeness (QED) is 0.801. The monoisotopic (exact) mass is 253 g/mol. The molecule has 1 nitrogen and oxygen atoms in total. The van der Waals surface area contributed by atoms with E-state index in [2.05, 4.69) is 45.1 Å². The van der Waals surface area contributed by atoms with Crippen molar-refractivity contribution in [2.75, 3.05) is 6.54 Å². The highest BCUT2D eigenvalue weighted by molar-refractivity contribution is 6.31. The molecule has 0 radical (unpaired) electrons. The first kappa shape index (κ1) is 14.5. The fraction of sp³-hybridized carbons (Fsp3) is 0.600. The van der Waals surface area contributed by atoms with Crippen LogP contribution < -0.4 is 5.32 Å². The maximum Gasteiger partial charge on any atom is 0.0440 e. The number of hydrogen-bond acceptors (Lipinski definition) is 1. The molecular formula is C15H24ClN. The zero-order valence-electron chi connectivity index (χ0n) is 11.4. The Bertz CT molecular complexity index is 347. The van der Waals surface area contributed by atoms with Crippen molar-refractivity contribution in [2.24, 2.45) is 5.92 Å². The molecule has 0 heterocycles. The molecule has 0 bridgehead atoms. The highest BCUT2D eigenvalue weighted by atomic mass is 35.5. The number of aryl methyl sites for hydroxylation is 2. The zero-order valence-corrected chi connectivity index (χ0v) is 12.1. The van der Waals surface area contributed by atoms with E-state index in [0.717, 1.165) is 18.0 Å². The lowest BCUT2D eigenvalue weighted by molar-refractivity contribution is 0.454. The summed E-state index contributed by atoms with van der Waals surface area (Å²) < 4.78 is 0. The highest BCUT2D eigenvalue weighted by Gasteiger charge is 2.06. The Kier molecular flexibility index (Phi) is 6.01. The van der Waals surface area contributed by atoms with Crippen molar-refractivity contribution in [2.45, 2.75) is 46.6 Å². The van der Waals surface area contributed by atoms with Crippen LogP contribution in [0.15, 0.2) is 18.2 Å². The number of hydrogen-bond donors (Lipinski definition) is 1. The average molecular weight is 254 g/mol. The summed E-state index contributed by atoms with van der Waals surface area (Å²) in [7, 11) is 0. The molecule has 0 spiro atoms. The van der Waals surface area contributed by atoms with Crippen LogP contribution in [0.25, 0.3) is 0 Å². The van der Waals surface area contributed by atoms with Crippen LogP contribution in [-0.4, -0.2) is 12.6 Å². The summed E-state index contributed by atoms with van der Waals surface area (Å²) in [4.78, 5) is 0. The van der Waals surface area contributed by atoms with Crippen LogP contribution >= 0.6 is 11.6 Å². The normalized spacial score (nSPS) is 13.1. The molecule has 1 aromatic carbocycles. The lowest BCUT2D eigenvalue weighted by Crippen LogP contribution is -2.28. The molecule has 1 N–H and O–H groups in total. The first-order valence-electron chi connectivity index (χ1n) is 6.47. The molecule has 0 aliphatic carbocycles. The lowest BCUT2D eigenvalue weighted by Gasteiger charge is -2.15. The summed E-state index contributed by atoms with van der Waals surface area (Å²) in [5.74, 6) is 0.690. The fourth-order valence-corrected chi connectivity index (χ4v) is 2.13. The Morgan fingerprint density at radius 2 is 1.94 bits per heavy atom. The molecule has 0 aromatic heterocycles. The Labute approximate surface area is 111 Å². The van der Waals surface area contributed by atoms with E-state index in [4.69, 9.17) is 11.6 Å². The van der Waals surface area contributed by atoms with Crippen LogP contribution in [0, 0.1) is 12.8 Å². The van der Waals surface area contributed by atoms with Gasteiger partial charge in [0.2, 0.25) is 0 Å². The van der Waals surface area contributed by atoms with E-state index in [9.17, 15) is 0 Å². The Morgan fingerprint density at radius 3 is 2.53 bits per heavy atom. The zero-order chi connectivity index (χ0) is 12.8. The first-order valence-corrected chi connectivity index (χ1v) is 6.85. The summed E-state index contributed by atoms with van der Waals surface area (Å²) >= 11 is 6.22. The first-order chi connectivity index (χ1) is 7.99. The van der Waals surface area contributed by atoms with Gasteiger partial charge in [-0.15, -0.1) is 0 Å². The summed E-state index contributed by atoms with van der Waals surface area (Å²) in [6, 6.07) is 6.91. The van der Waals surface area contributed by atoms with Crippen molar-refractivity contribution < 1.29 is 0 Å². The summed E-state index contributed by atoms with van der Waals surface area (Å²) in [6.45, 7) is 9.82. The number of benzene rings is 1. The number of rotatable bonds is 6. The van der Waals surface area contributed by atoms with Crippen molar-refractivity contribution >= 4 is 11.6 Å². The van der Waals surface area contributed by atoms with Crippen molar-refractivity contribution in [1.82, 2.24) is 5.32 Å². The average Bonchev–Trinajstić information content (AvgIpc) is 2.25. The third-order valence-electron chi connectivity index (χ3n) is 2.99. The van der Waals surface area contributed by atoms with E-state index in [-0.39, 0.29) is 0 Å². The summed E-state index contributed by atoms with van der Waals surface area (Å²) in [6.07, 6.45) is 2.25. The fourth-order valence-electron chi connectivity index (χ4n) is 1.80. The number of halogens is 1. The Hall–Kier alpha value is -0.530. The van der Waals surface area contributed by atoms with Gasteiger partial charge in [-0.1, -0.05) is 44.5 Å². The Balaban J connectivity index is 2.39. The highest BCUT2D eigenvalue weighted by Crippen LogP contribution is 2.20. The second kappa shape index (κ2) is 7.03. The van der Waals surface area contributed by atoms with Gasteiger partial charge in [-0.2, -0.15) is 0 Å². The van der Waals surface area contributed by atoms with Crippen LogP contribution in [-0.2, 0) is 6.42 Å². The Morgan fingerprint density at radius 1 is 1.24 bits per heavy atom. The van der Waals surface area contributed by atoms with Crippen LogP contribution in [0.3, 0.4) is 0 Å². The van der Waals surface area contributed by atoms with Gasteiger partial charge in [-0.25, -0.2) is 0 Å². The van der Waals surface area contributed by atoms with Gasteiger partial charge in [0.25, 0.3) is 0 Å². The topological polar surface area (TPSA) is 12.0 Å². The lowest BCUT2D eigenvalue weighted by atomic mass is 10.00. The molecule has 1 aromatic rings. The third-order valence-corrected chi connectivity index (χ3v) is 3.34. The van der Waals surface area contributed by atoms with Crippen LogP contribution in [0.2, 0.25) is 5.02 Å². The van der Waals surface area contributed by atoms with Crippen molar-refractivity contribution in [3.63, 3.8) is 0 Å². The molecule has 1 unspecified atom stereocenters. The number of nitrogens with one attached hydrogen (secondary N) is 1. The van der Waals surface area contributed by atoms with Crippen LogP contribution in [0.5, 0.6) is 0 Å². The van der Waals surface area contributed by atoms with Crippen LogP contribution in [0.4, 0.5) is 0 Å². The predicted molar refractivity (Wildman–Crippen MR) is 76.8 cm³/mol. The molecule has 0 saturated heterocycles. The van der Waals surface area contributed by atoms with E-state index in [1.807, 2.05) is 6.07 Å². The molecule has 0 aliphatic rings. The molecule has 0 fully saturated rings. The largest absolute Gasteiger partial charge is 0.314 e. The van der Waals surface area contributed by atoms with Gasteiger partial charge in [0.15, 0.2) is 0 Å². The second-order valence-electron chi connectivity index (χ2n) is 5.30. The molecule has 2 heteroatoms. The van der Waals surface area contributed by atoms with Gasteiger partial charge in [0.05, 0.1) is 0 Å². The summed E-state index contributed by atoms with van der Waals surface area (Å²) in [5, 5.41) is 4.38. The molecule has 1 atom stereocenters. The van der Waals surface area contributed by atoms with Crippen molar-refractivity contribution in [3.8, 4) is 0 Å². The maximum absolute atomic E-state index is 6.22. The van der Waals surface area contributed by atoms with Crippen molar-refractivity contribution in [1.29, 1.82) is 0 Å². The van der Waals surface area contributed by atoms with Gasteiger partial charge >= 0.3 is 0 Å². The minimum Gasteiger partial charge on any atom is -0.314 e. The minimum atomic E-state index is 0.570. The third kappa shape index (κ3) is 5.56. The second-order valence-corrected chi connectivity index (χ2v) is 5.71. The van der Waals surface area contributed by atoms with Crippen LogP contribution in [0.1, 0.15) is 38.3 Å². The molecule has 0 saturated carbocycles. The van der Waals surface area contributed by atoms with E-state index < -0.39 is 0 Å². The standard InChI is InChI=1S/C15H24ClN/c1-11(2)17-10-13(4)6-8-14-7-5-12(3)9-15(14)16/h5,7,9,11,13,17H,6,8,10H2,1-4H3. The van der Waals surface area contributed by atoms with Gasteiger partial charge < -0.3 is 5.32 Å². The van der Waals surface area contributed by atoms with Crippen molar-refractivity contribution in [3.05, 3.63) is 34.3 Å².